The summed E-state index contributed by atoms with van der Waals surface area (Å²) >= 11 is 6.90. The molecule has 0 bridgehead atoms. The molecular weight excluding hydrogens is 403 g/mol. The summed E-state index contributed by atoms with van der Waals surface area (Å²) in [6.45, 7) is 0. The Bertz CT molecular complexity index is 637. The number of nitrogens with two attached hydrogens (primary N) is 1. The number of hydrogen-bond donors (Lipinski definition) is 2. The number of nitrogens with one attached hydrogen (secondary N) is 1. The smallest absolute Gasteiger partial charge is 0.124 e. The van der Waals surface area contributed by atoms with Crippen LogP contribution in [0.5, 0.6) is 5.75 Å². The Labute approximate surface area is 139 Å². The molecule has 2 rings (SSSR count). The maximum atomic E-state index is 13.2. The quantitative estimate of drug-likeness (QED) is 0.568. The average molecular weight is 418 g/mol. The van der Waals surface area contributed by atoms with Gasteiger partial charge in [0.1, 0.15) is 11.6 Å². The van der Waals surface area contributed by atoms with Crippen LogP contribution in [0, 0.1) is 5.82 Å². The molecule has 0 radical (unpaired) electrons. The normalized spacial score (nSPS) is 12.2. The summed E-state index contributed by atoms with van der Waals surface area (Å²) in [5, 5.41) is 0. The van der Waals surface area contributed by atoms with Crippen LogP contribution >= 0.6 is 31.9 Å². The molecule has 0 aliphatic heterocycles. The summed E-state index contributed by atoms with van der Waals surface area (Å²) in [7, 11) is 1.62. The molecule has 21 heavy (non-hydrogen) atoms. The molecule has 1 unspecified atom stereocenters. The predicted octanol–water partition coefficient (Wildman–Crippen LogP) is 4.11. The minimum atomic E-state index is -0.273. The van der Waals surface area contributed by atoms with Crippen LogP contribution in [0.2, 0.25) is 0 Å². The van der Waals surface area contributed by atoms with E-state index in [1.807, 2.05) is 18.2 Å². The number of ether oxygens (including phenoxy) is 1. The van der Waals surface area contributed by atoms with Crippen molar-refractivity contribution in [2.24, 2.45) is 5.84 Å². The molecule has 2 aromatic carbocycles. The number of hydrazine groups is 1. The van der Waals surface area contributed by atoms with E-state index in [1.54, 1.807) is 13.2 Å². The van der Waals surface area contributed by atoms with Gasteiger partial charge in [0.2, 0.25) is 0 Å². The van der Waals surface area contributed by atoms with Crippen molar-refractivity contribution in [3.8, 4) is 5.75 Å². The van der Waals surface area contributed by atoms with Gasteiger partial charge in [-0.3, -0.25) is 11.3 Å². The van der Waals surface area contributed by atoms with Crippen LogP contribution in [-0.4, -0.2) is 7.11 Å². The first-order chi connectivity index (χ1) is 10.0. The summed E-state index contributed by atoms with van der Waals surface area (Å²) in [4.78, 5) is 0. The van der Waals surface area contributed by atoms with E-state index in [-0.39, 0.29) is 11.9 Å². The highest BCUT2D eigenvalue weighted by Crippen LogP contribution is 2.31. The zero-order chi connectivity index (χ0) is 15.4. The van der Waals surface area contributed by atoms with E-state index >= 15 is 0 Å². The summed E-state index contributed by atoms with van der Waals surface area (Å²) in [5.41, 5.74) is 4.75. The molecule has 0 aliphatic rings. The summed E-state index contributed by atoms with van der Waals surface area (Å²) in [6.07, 6.45) is 0.614. The SMILES string of the molecule is COc1ccc(Br)c(C(Cc2ccc(F)cc2Br)NN)c1. The van der Waals surface area contributed by atoms with Gasteiger partial charge in [-0.2, -0.15) is 0 Å². The Hall–Kier alpha value is -0.950. The van der Waals surface area contributed by atoms with Crippen molar-refractivity contribution in [3.05, 3.63) is 62.3 Å². The average Bonchev–Trinajstić information content (AvgIpc) is 2.47. The Kier molecular flexibility index (Phi) is 5.75. The van der Waals surface area contributed by atoms with Gasteiger partial charge in [0.05, 0.1) is 13.2 Å². The maximum Gasteiger partial charge on any atom is 0.124 e. The zero-order valence-corrected chi connectivity index (χ0v) is 14.5. The van der Waals surface area contributed by atoms with Gasteiger partial charge in [-0.05, 0) is 47.9 Å². The number of halogens is 3. The van der Waals surface area contributed by atoms with Gasteiger partial charge in [-0.1, -0.05) is 37.9 Å². The van der Waals surface area contributed by atoms with Crippen LogP contribution < -0.4 is 16.0 Å². The lowest BCUT2D eigenvalue weighted by atomic mass is 9.99. The summed E-state index contributed by atoms with van der Waals surface area (Å²) < 4.78 is 20.1. The molecule has 0 spiro atoms. The Morgan fingerprint density at radius 2 is 1.95 bits per heavy atom. The monoisotopic (exact) mass is 416 g/mol. The molecule has 0 heterocycles. The zero-order valence-electron chi connectivity index (χ0n) is 11.4. The molecule has 1 atom stereocenters. The predicted molar refractivity (Wildman–Crippen MR) is 88.6 cm³/mol. The van der Waals surface area contributed by atoms with Crippen molar-refractivity contribution in [1.29, 1.82) is 0 Å². The fourth-order valence-electron chi connectivity index (χ4n) is 2.08. The fraction of sp³-hybridized carbons (Fsp3) is 0.200. The highest BCUT2D eigenvalue weighted by atomic mass is 79.9. The van der Waals surface area contributed by atoms with Crippen LogP contribution in [0.4, 0.5) is 4.39 Å². The van der Waals surface area contributed by atoms with Crippen molar-refractivity contribution in [1.82, 2.24) is 5.43 Å². The fourth-order valence-corrected chi connectivity index (χ4v) is 3.12. The minimum absolute atomic E-state index is 0.128. The van der Waals surface area contributed by atoms with Gasteiger partial charge in [-0.25, -0.2) is 4.39 Å². The van der Waals surface area contributed by atoms with E-state index in [0.29, 0.717) is 6.42 Å². The van der Waals surface area contributed by atoms with Crippen LogP contribution in [0.1, 0.15) is 17.2 Å². The molecule has 3 N–H and O–H groups in total. The van der Waals surface area contributed by atoms with Crippen LogP contribution in [-0.2, 0) is 6.42 Å². The summed E-state index contributed by atoms with van der Waals surface area (Å²) in [5.74, 6) is 6.18. The van der Waals surface area contributed by atoms with E-state index in [0.717, 1.165) is 25.8 Å². The molecule has 0 aromatic heterocycles. The van der Waals surface area contributed by atoms with Crippen molar-refractivity contribution >= 4 is 31.9 Å². The molecule has 0 aliphatic carbocycles. The first kappa shape index (κ1) is 16.4. The van der Waals surface area contributed by atoms with Crippen LogP contribution in [0.25, 0.3) is 0 Å². The van der Waals surface area contributed by atoms with Gasteiger partial charge >= 0.3 is 0 Å². The van der Waals surface area contributed by atoms with E-state index in [2.05, 4.69) is 37.3 Å². The molecule has 2 aromatic rings. The molecule has 3 nitrogen and oxygen atoms in total. The third-order valence-electron chi connectivity index (χ3n) is 3.22. The Balaban J connectivity index is 2.31. The first-order valence-electron chi connectivity index (χ1n) is 6.28. The third-order valence-corrected chi connectivity index (χ3v) is 4.68. The lowest BCUT2D eigenvalue weighted by Crippen LogP contribution is -2.30. The second kappa shape index (κ2) is 7.35. The molecule has 112 valence electrons. The standard InChI is InChI=1S/C15H15Br2FN2O/c1-21-11-4-5-13(16)12(8-11)15(20-19)6-9-2-3-10(18)7-14(9)17/h2-5,7-8,15,20H,6,19H2,1H3. The van der Waals surface area contributed by atoms with E-state index in [1.165, 1.54) is 12.1 Å². The first-order valence-corrected chi connectivity index (χ1v) is 7.87. The highest BCUT2D eigenvalue weighted by molar-refractivity contribution is 9.10. The highest BCUT2D eigenvalue weighted by Gasteiger charge is 2.16. The molecule has 0 saturated carbocycles. The number of benzene rings is 2. The van der Waals surface area contributed by atoms with Gasteiger partial charge in [-0.15, -0.1) is 0 Å². The Morgan fingerprint density at radius 3 is 2.57 bits per heavy atom. The van der Waals surface area contributed by atoms with Crippen LogP contribution in [0.15, 0.2) is 45.3 Å². The van der Waals surface area contributed by atoms with Gasteiger partial charge < -0.3 is 4.74 Å². The molecule has 0 saturated heterocycles. The van der Waals surface area contributed by atoms with Crippen LogP contribution in [0.3, 0.4) is 0 Å². The van der Waals surface area contributed by atoms with Crippen molar-refractivity contribution in [3.63, 3.8) is 0 Å². The third kappa shape index (κ3) is 4.03. The van der Waals surface area contributed by atoms with E-state index in [4.69, 9.17) is 10.6 Å². The van der Waals surface area contributed by atoms with Gasteiger partial charge in [0.15, 0.2) is 0 Å². The topological polar surface area (TPSA) is 47.3 Å². The van der Waals surface area contributed by atoms with Gasteiger partial charge in [0.25, 0.3) is 0 Å². The lowest BCUT2D eigenvalue weighted by Gasteiger charge is -2.19. The number of rotatable bonds is 5. The van der Waals surface area contributed by atoms with Crippen molar-refractivity contribution in [2.75, 3.05) is 7.11 Å². The number of methoxy groups -OCH3 is 1. The Morgan fingerprint density at radius 1 is 1.19 bits per heavy atom. The van der Waals surface area contributed by atoms with Crippen molar-refractivity contribution in [2.45, 2.75) is 12.5 Å². The van der Waals surface area contributed by atoms with Gasteiger partial charge in [0, 0.05) is 8.95 Å². The minimum Gasteiger partial charge on any atom is -0.497 e. The van der Waals surface area contributed by atoms with E-state index in [9.17, 15) is 4.39 Å². The second-order valence-electron chi connectivity index (χ2n) is 4.55. The summed E-state index contributed by atoms with van der Waals surface area (Å²) in [6, 6.07) is 10.2. The molecule has 0 fully saturated rings. The number of hydrogen-bond acceptors (Lipinski definition) is 3. The second-order valence-corrected chi connectivity index (χ2v) is 6.26. The maximum absolute atomic E-state index is 13.2. The van der Waals surface area contributed by atoms with Crippen molar-refractivity contribution < 1.29 is 9.13 Å². The lowest BCUT2D eigenvalue weighted by molar-refractivity contribution is 0.412. The van der Waals surface area contributed by atoms with E-state index < -0.39 is 0 Å². The molecule has 0 amide bonds. The largest absolute Gasteiger partial charge is 0.497 e. The molecular formula is C15H15Br2FN2O. The molecule has 6 heteroatoms.